The van der Waals surface area contributed by atoms with Gasteiger partial charge in [-0.1, -0.05) is 6.42 Å². The molecule has 1 fully saturated rings. The van der Waals surface area contributed by atoms with Crippen molar-refractivity contribution < 1.29 is 28.9 Å². The lowest BCUT2D eigenvalue weighted by Crippen LogP contribution is -2.61. The smallest absolute Gasteiger partial charge is 0.407 e. The summed E-state index contributed by atoms with van der Waals surface area (Å²) >= 11 is 0. The number of amides is 2. The lowest BCUT2D eigenvalue weighted by molar-refractivity contribution is -0.140. The van der Waals surface area contributed by atoms with E-state index in [9.17, 15) is 14.7 Å². The number of rotatable bonds is 3. The fraction of sp³-hybridized carbons (Fsp3) is 0.522. The number of ether oxygens (including phenoxy) is 3. The number of benzene rings is 1. The second-order valence-electron chi connectivity index (χ2n) is 9.17. The molecular weight excluding hydrogens is 414 g/mol. The average Bonchev–Trinajstić information content (AvgIpc) is 2.74. The van der Waals surface area contributed by atoms with Crippen molar-refractivity contribution >= 4 is 28.6 Å². The molecule has 32 heavy (non-hydrogen) atoms. The van der Waals surface area contributed by atoms with Crippen LogP contribution in [0.3, 0.4) is 0 Å². The number of anilines is 1. The minimum absolute atomic E-state index is 0.222. The molecule has 0 saturated heterocycles. The second-order valence-corrected chi connectivity index (χ2v) is 9.17. The third kappa shape index (κ3) is 4.43. The number of pyridine rings is 1. The zero-order chi connectivity index (χ0) is 22.9. The van der Waals surface area contributed by atoms with Crippen LogP contribution in [0, 0.1) is 0 Å². The zero-order valence-corrected chi connectivity index (χ0v) is 18.6. The summed E-state index contributed by atoms with van der Waals surface area (Å²) in [6.07, 6.45) is 3.05. The van der Waals surface area contributed by atoms with Crippen molar-refractivity contribution in [2.45, 2.75) is 63.7 Å². The van der Waals surface area contributed by atoms with Crippen molar-refractivity contribution in [1.29, 1.82) is 0 Å². The van der Waals surface area contributed by atoms with E-state index < -0.39 is 29.2 Å². The van der Waals surface area contributed by atoms with E-state index in [0.29, 0.717) is 54.1 Å². The normalized spacial score (nSPS) is 22.8. The number of hydrogen-bond donors (Lipinski definition) is 3. The monoisotopic (exact) mass is 443 g/mol. The Morgan fingerprint density at radius 1 is 1.19 bits per heavy atom. The highest BCUT2D eigenvalue weighted by Gasteiger charge is 2.47. The standard InChI is InChI=1S/C23H29N3O6/c1-22(2,3)32-21(28)26-17-6-4-5-10-23(17,29)20(27)25-15-9-11-24-14-7-8-16-19(18(14)15)31-13-12-30-16/h7-9,11,17,29H,4-6,10,12-13H2,1-3H3,(H,26,28)(H,24,25,27). The first-order valence-corrected chi connectivity index (χ1v) is 10.9. The Balaban J connectivity index is 1.61. The minimum Gasteiger partial charge on any atom is -0.486 e. The van der Waals surface area contributed by atoms with Crippen LogP contribution in [-0.2, 0) is 9.53 Å². The van der Waals surface area contributed by atoms with Crippen molar-refractivity contribution in [2.75, 3.05) is 18.5 Å². The van der Waals surface area contributed by atoms with Gasteiger partial charge in [0.2, 0.25) is 0 Å². The maximum absolute atomic E-state index is 13.3. The Kier molecular flexibility index (Phi) is 5.85. The van der Waals surface area contributed by atoms with E-state index in [1.807, 2.05) is 0 Å². The zero-order valence-electron chi connectivity index (χ0n) is 18.6. The van der Waals surface area contributed by atoms with E-state index >= 15 is 0 Å². The molecule has 0 radical (unpaired) electrons. The van der Waals surface area contributed by atoms with Crippen molar-refractivity contribution in [3.05, 3.63) is 24.4 Å². The van der Waals surface area contributed by atoms with E-state index in [2.05, 4.69) is 15.6 Å². The number of alkyl carbamates (subject to hydrolysis) is 1. The molecule has 2 atom stereocenters. The molecule has 172 valence electrons. The van der Waals surface area contributed by atoms with Gasteiger partial charge in [0.25, 0.3) is 5.91 Å². The van der Waals surface area contributed by atoms with Crippen LogP contribution >= 0.6 is 0 Å². The highest BCUT2D eigenvalue weighted by atomic mass is 16.6. The number of carbonyl (C=O) groups excluding carboxylic acids is 2. The number of aliphatic hydroxyl groups is 1. The Labute approximate surface area is 186 Å². The van der Waals surface area contributed by atoms with Crippen molar-refractivity contribution in [3.63, 3.8) is 0 Å². The van der Waals surface area contributed by atoms with Crippen molar-refractivity contribution in [2.24, 2.45) is 0 Å². The van der Waals surface area contributed by atoms with E-state index in [1.165, 1.54) is 0 Å². The van der Waals surface area contributed by atoms with Crippen LogP contribution in [0.15, 0.2) is 24.4 Å². The summed E-state index contributed by atoms with van der Waals surface area (Å²) in [7, 11) is 0. The largest absolute Gasteiger partial charge is 0.486 e. The van der Waals surface area contributed by atoms with Crippen LogP contribution in [0.2, 0.25) is 0 Å². The van der Waals surface area contributed by atoms with Gasteiger partial charge in [0.05, 0.1) is 22.6 Å². The molecule has 2 aromatic rings. The topological polar surface area (TPSA) is 119 Å². The third-order valence-electron chi connectivity index (χ3n) is 5.62. The number of aromatic nitrogens is 1. The number of fused-ring (bicyclic) bond motifs is 3. The highest BCUT2D eigenvalue weighted by molar-refractivity contribution is 6.07. The summed E-state index contributed by atoms with van der Waals surface area (Å²) in [5.41, 5.74) is -1.38. The van der Waals surface area contributed by atoms with E-state index in [-0.39, 0.29) is 6.42 Å². The molecule has 0 spiro atoms. The molecule has 4 rings (SSSR count). The third-order valence-corrected chi connectivity index (χ3v) is 5.62. The molecule has 1 saturated carbocycles. The van der Waals surface area contributed by atoms with E-state index in [1.54, 1.807) is 45.2 Å². The van der Waals surface area contributed by atoms with Crippen LogP contribution in [0.4, 0.5) is 10.5 Å². The van der Waals surface area contributed by atoms with Crippen LogP contribution in [0.5, 0.6) is 11.5 Å². The minimum atomic E-state index is -1.78. The predicted molar refractivity (Wildman–Crippen MR) is 118 cm³/mol. The van der Waals surface area contributed by atoms with E-state index in [4.69, 9.17) is 14.2 Å². The van der Waals surface area contributed by atoms with Gasteiger partial charge < -0.3 is 30.0 Å². The van der Waals surface area contributed by atoms with Gasteiger partial charge in [-0.3, -0.25) is 9.78 Å². The van der Waals surface area contributed by atoms with Crippen LogP contribution in [0.25, 0.3) is 10.9 Å². The van der Waals surface area contributed by atoms with Gasteiger partial charge in [0.1, 0.15) is 18.8 Å². The van der Waals surface area contributed by atoms with Crippen LogP contribution in [0.1, 0.15) is 46.5 Å². The predicted octanol–water partition coefficient (Wildman–Crippen LogP) is 3.14. The summed E-state index contributed by atoms with van der Waals surface area (Å²) in [4.78, 5) is 30.0. The quantitative estimate of drug-likeness (QED) is 0.667. The number of nitrogens with one attached hydrogen (secondary N) is 2. The molecule has 1 aliphatic heterocycles. The first-order valence-electron chi connectivity index (χ1n) is 10.9. The number of carbonyl (C=O) groups is 2. The molecule has 3 N–H and O–H groups in total. The maximum Gasteiger partial charge on any atom is 0.407 e. The van der Waals surface area contributed by atoms with Gasteiger partial charge >= 0.3 is 6.09 Å². The molecule has 9 nitrogen and oxygen atoms in total. The molecule has 2 amide bonds. The number of nitrogens with zero attached hydrogens (tertiary/aromatic N) is 1. The molecule has 2 heterocycles. The summed E-state index contributed by atoms with van der Waals surface area (Å²) in [6.45, 7) is 6.10. The summed E-state index contributed by atoms with van der Waals surface area (Å²) in [5, 5.41) is 17.5. The van der Waals surface area contributed by atoms with Gasteiger partial charge in [0, 0.05) is 6.20 Å². The molecule has 9 heteroatoms. The van der Waals surface area contributed by atoms with Gasteiger partial charge in [-0.2, -0.15) is 0 Å². The summed E-state index contributed by atoms with van der Waals surface area (Å²) < 4.78 is 16.8. The maximum atomic E-state index is 13.3. The molecule has 0 bridgehead atoms. The Morgan fingerprint density at radius 2 is 1.97 bits per heavy atom. The van der Waals surface area contributed by atoms with Crippen LogP contribution < -0.4 is 20.1 Å². The number of hydrogen-bond acceptors (Lipinski definition) is 7. The Bertz CT molecular complexity index is 1030. The Morgan fingerprint density at radius 3 is 2.75 bits per heavy atom. The first-order chi connectivity index (χ1) is 15.2. The fourth-order valence-corrected chi connectivity index (χ4v) is 4.15. The average molecular weight is 444 g/mol. The van der Waals surface area contributed by atoms with Crippen molar-refractivity contribution in [3.8, 4) is 11.5 Å². The molecule has 1 aromatic carbocycles. The lowest BCUT2D eigenvalue weighted by Gasteiger charge is -2.39. The van der Waals surface area contributed by atoms with Crippen LogP contribution in [-0.4, -0.2) is 52.5 Å². The molecule has 1 aliphatic carbocycles. The highest BCUT2D eigenvalue weighted by Crippen LogP contribution is 2.41. The van der Waals surface area contributed by atoms with Gasteiger partial charge in [-0.05, 0) is 58.2 Å². The van der Waals surface area contributed by atoms with Gasteiger partial charge in [-0.25, -0.2) is 4.79 Å². The molecule has 1 aromatic heterocycles. The van der Waals surface area contributed by atoms with E-state index in [0.717, 1.165) is 6.42 Å². The summed E-state index contributed by atoms with van der Waals surface area (Å²) in [5.74, 6) is 0.490. The SMILES string of the molecule is CC(C)(C)OC(=O)NC1CCCCC1(O)C(=O)Nc1ccnc2ccc3c(c12)OCCO3. The molecule has 2 unspecified atom stereocenters. The second kappa shape index (κ2) is 8.46. The molecule has 2 aliphatic rings. The summed E-state index contributed by atoms with van der Waals surface area (Å²) in [6, 6.07) is 4.46. The lowest BCUT2D eigenvalue weighted by atomic mass is 9.79. The van der Waals surface area contributed by atoms with Crippen molar-refractivity contribution in [1.82, 2.24) is 10.3 Å². The molecular formula is C23H29N3O6. The fourth-order valence-electron chi connectivity index (χ4n) is 4.15. The van der Waals surface area contributed by atoms with Gasteiger partial charge in [-0.15, -0.1) is 0 Å². The Hall–Kier alpha value is -3.07. The first kappa shape index (κ1) is 22.1. The van der Waals surface area contributed by atoms with Gasteiger partial charge in [0.15, 0.2) is 17.1 Å².